The Morgan fingerprint density at radius 2 is 1.33 bits per heavy atom. The van der Waals surface area contributed by atoms with Crippen LogP contribution in [0, 0.1) is 0 Å². The monoisotopic (exact) mass is 338 g/mol. The molecule has 1 N–H and O–H groups in total. The number of ether oxygens (including phenoxy) is 1. The zero-order valence-electron chi connectivity index (χ0n) is 15.4. The van der Waals surface area contributed by atoms with Crippen molar-refractivity contribution in [1.82, 2.24) is 0 Å². The molecule has 24 heavy (non-hydrogen) atoms. The number of carbonyl (C=O) groups excluding carboxylic acids is 1. The Kier molecular flexibility index (Phi) is 14.0. The van der Waals surface area contributed by atoms with Crippen LogP contribution >= 0.6 is 0 Å². The first-order valence-corrected chi connectivity index (χ1v) is 9.18. The van der Waals surface area contributed by atoms with Gasteiger partial charge in [-0.15, -0.1) is 0 Å². The molecule has 0 radical (unpaired) electrons. The maximum absolute atomic E-state index is 11.2. The van der Waals surface area contributed by atoms with Crippen molar-refractivity contribution in [3.63, 3.8) is 0 Å². The molecule has 0 bridgehead atoms. The van der Waals surface area contributed by atoms with Crippen LogP contribution in [-0.2, 0) is 14.3 Å². The summed E-state index contributed by atoms with van der Waals surface area (Å²) in [6.07, 6.45) is 14.5. The topological polar surface area (TPSA) is 63.6 Å². The zero-order chi connectivity index (χ0) is 18.2. The van der Waals surface area contributed by atoms with Crippen molar-refractivity contribution in [2.45, 2.75) is 84.5 Å². The van der Waals surface area contributed by atoms with Crippen LogP contribution < -0.4 is 0 Å². The van der Waals surface area contributed by atoms with E-state index >= 15 is 0 Å². The highest BCUT2D eigenvalue weighted by molar-refractivity contribution is 5.86. The third-order valence-electron chi connectivity index (χ3n) is 3.97. The van der Waals surface area contributed by atoms with Crippen LogP contribution in [-0.4, -0.2) is 23.7 Å². The zero-order valence-corrected chi connectivity index (χ0v) is 15.4. The molecular formula is C20H34O4. The van der Waals surface area contributed by atoms with Gasteiger partial charge in [-0.1, -0.05) is 64.0 Å². The smallest absolute Gasteiger partial charge is 0.333 e. The van der Waals surface area contributed by atoms with E-state index in [9.17, 15) is 9.59 Å². The number of carboxylic acids is 1. The SMILES string of the molecule is C=C(C)C(=O)OCCCCCCCCCCCCC=C(C)C(=O)O. The van der Waals surface area contributed by atoms with E-state index in [1.165, 1.54) is 44.9 Å². The van der Waals surface area contributed by atoms with Crippen molar-refractivity contribution in [3.05, 3.63) is 23.8 Å². The Balaban J connectivity index is 3.23. The van der Waals surface area contributed by atoms with Crippen LogP contribution in [0.5, 0.6) is 0 Å². The highest BCUT2D eigenvalue weighted by atomic mass is 16.5. The average Bonchev–Trinajstić information content (AvgIpc) is 2.54. The van der Waals surface area contributed by atoms with Crippen molar-refractivity contribution in [2.75, 3.05) is 6.61 Å². The number of esters is 1. The van der Waals surface area contributed by atoms with Gasteiger partial charge < -0.3 is 9.84 Å². The van der Waals surface area contributed by atoms with E-state index in [0.717, 1.165) is 25.7 Å². The molecule has 0 fully saturated rings. The molecule has 0 aliphatic heterocycles. The Labute approximate surface area is 147 Å². The molecule has 0 rings (SSSR count). The maximum Gasteiger partial charge on any atom is 0.333 e. The van der Waals surface area contributed by atoms with Gasteiger partial charge in [0.1, 0.15) is 0 Å². The second-order valence-corrected chi connectivity index (χ2v) is 6.43. The van der Waals surface area contributed by atoms with Crippen molar-refractivity contribution in [1.29, 1.82) is 0 Å². The molecule has 4 heteroatoms. The van der Waals surface area contributed by atoms with Gasteiger partial charge in [0.05, 0.1) is 6.61 Å². The Morgan fingerprint density at radius 1 is 0.875 bits per heavy atom. The maximum atomic E-state index is 11.2. The highest BCUT2D eigenvalue weighted by Gasteiger charge is 2.01. The molecule has 0 aliphatic carbocycles. The summed E-state index contributed by atoms with van der Waals surface area (Å²) >= 11 is 0. The largest absolute Gasteiger partial charge is 0.478 e. The van der Waals surface area contributed by atoms with Crippen LogP contribution in [0.25, 0.3) is 0 Å². The number of aliphatic carboxylic acids is 1. The highest BCUT2D eigenvalue weighted by Crippen LogP contribution is 2.12. The molecule has 0 aromatic heterocycles. The van der Waals surface area contributed by atoms with Gasteiger partial charge in [0.25, 0.3) is 0 Å². The molecule has 0 unspecified atom stereocenters. The number of carbonyl (C=O) groups is 2. The summed E-state index contributed by atoms with van der Waals surface area (Å²) in [6, 6.07) is 0. The molecule has 0 aliphatic rings. The number of rotatable bonds is 15. The second kappa shape index (κ2) is 15.0. The van der Waals surface area contributed by atoms with Crippen LogP contribution in [0.15, 0.2) is 23.8 Å². The summed E-state index contributed by atoms with van der Waals surface area (Å²) in [5, 5.41) is 8.73. The second-order valence-electron chi connectivity index (χ2n) is 6.43. The summed E-state index contributed by atoms with van der Waals surface area (Å²) in [5.41, 5.74) is 0.910. The first kappa shape index (κ1) is 22.4. The minimum Gasteiger partial charge on any atom is -0.478 e. The van der Waals surface area contributed by atoms with Gasteiger partial charge >= 0.3 is 11.9 Å². The molecule has 0 atom stereocenters. The number of hydrogen-bond donors (Lipinski definition) is 1. The van der Waals surface area contributed by atoms with Gasteiger partial charge in [0, 0.05) is 11.1 Å². The van der Waals surface area contributed by atoms with Crippen molar-refractivity contribution in [2.24, 2.45) is 0 Å². The van der Waals surface area contributed by atoms with Crippen LogP contribution in [0.3, 0.4) is 0 Å². The Hall–Kier alpha value is -1.58. The van der Waals surface area contributed by atoms with Gasteiger partial charge in [0.2, 0.25) is 0 Å². The van der Waals surface area contributed by atoms with Gasteiger partial charge in [0.15, 0.2) is 0 Å². The van der Waals surface area contributed by atoms with E-state index in [0.29, 0.717) is 17.8 Å². The van der Waals surface area contributed by atoms with Crippen LogP contribution in [0.2, 0.25) is 0 Å². The van der Waals surface area contributed by atoms with E-state index in [1.807, 2.05) is 6.08 Å². The molecular weight excluding hydrogens is 304 g/mol. The third-order valence-corrected chi connectivity index (χ3v) is 3.97. The fourth-order valence-corrected chi connectivity index (χ4v) is 2.35. The van der Waals surface area contributed by atoms with Gasteiger partial charge in [-0.05, 0) is 33.1 Å². The lowest BCUT2D eigenvalue weighted by molar-refractivity contribution is -0.139. The summed E-state index contributed by atoms with van der Waals surface area (Å²) in [4.78, 5) is 21.8. The third kappa shape index (κ3) is 14.0. The van der Waals surface area contributed by atoms with E-state index in [2.05, 4.69) is 6.58 Å². The number of carboxylic acid groups (broad SMARTS) is 1. The van der Waals surface area contributed by atoms with Crippen molar-refractivity contribution < 1.29 is 19.4 Å². The molecule has 0 aromatic rings. The van der Waals surface area contributed by atoms with E-state index in [-0.39, 0.29) is 5.97 Å². The normalized spacial score (nSPS) is 11.3. The standard InChI is InChI=1S/C20H34O4/c1-17(2)20(23)24-16-14-12-10-8-6-4-5-7-9-11-13-15-18(3)19(21)22/h15H,1,4-14,16H2,2-3H3,(H,21,22). The fourth-order valence-electron chi connectivity index (χ4n) is 2.35. The minimum atomic E-state index is -0.816. The van der Waals surface area contributed by atoms with Crippen LogP contribution in [0.1, 0.15) is 84.5 Å². The number of hydrogen-bond acceptors (Lipinski definition) is 3. The molecule has 0 aromatic carbocycles. The minimum absolute atomic E-state index is 0.288. The first-order valence-electron chi connectivity index (χ1n) is 9.18. The predicted octanol–water partition coefficient (Wildman–Crippen LogP) is 5.43. The molecule has 0 saturated carbocycles. The Morgan fingerprint density at radius 3 is 1.79 bits per heavy atom. The molecule has 0 amide bonds. The molecule has 138 valence electrons. The summed E-state index contributed by atoms with van der Waals surface area (Å²) < 4.78 is 5.05. The van der Waals surface area contributed by atoms with E-state index < -0.39 is 5.97 Å². The molecule has 0 saturated heterocycles. The molecule has 4 nitrogen and oxygen atoms in total. The summed E-state index contributed by atoms with van der Waals surface area (Å²) in [6.45, 7) is 7.36. The first-order chi connectivity index (χ1) is 11.4. The number of unbranched alkanes of at least 4 members (excludes halogenated alkanes) is 10. The van der Waals surface area contributed by atoms with E-state index in [1.54, 1.807) is 13.8 Å². The average molecular weight is 338 g/mol. The van der Waals surface area contributed by atoms with E-state index in [4.69, 9.17) is 9.84 Å². The van der Waals surface area contributed by atoms with Gasteiger partial charge in [-0.3, -0.25) is 0 Å². The summed E-state index contributed by atoms with van der Waals surface area (Å²) in [7, 11) is 0. The lowest BCUT2D eigenvalue weighted by Crippen LogP contribution is -2.05. The van der Waals surface area contributed by atoms with Crippen LogP contribution in [0.4, 0.5) is 0 Å². The van der Waals surface area contributed by atoms with Gasteiger partial charge in [-0.2, -0.15) is 0 Å². The fraction of sp³-hybridized carbons (Fsp3) is 0.700. The summed E-state index contributed by atoms with van der Waals surface area (Å²) in [5.74, 6) is -1.10. The van der Waals surface area contributed by atoms with Crippen molar-refractivity contribution >= 4 is 11.9 Å². The molecule has 0 heterocycles. The predicted molar refractivity (Wildman–Crippen MR) is 98.0 cm³/mol. The quantitative estimate of drug-likeness (QED) is 0.246. The molecule has 0 spiro atoms. The Bertz CT molecular complexity index is 410. The van der Waals surface area contributed by atoms with Crippen molar-refractivity contribution in [3.8, 4) is 0 Å². The lowest BCUT2D eigenvalue weighted by Gasteiger charge is -2.04. The van der Waals surface area contributed by atoms with Gasteiger partial charge in [-0.25, -0.2) is 9.59 Å². The number of allylic oxidation sites excluding steroid dienone is 1. The lowest BCUT2D eigenvalue weighted by atomic mass is 10.1.